The number of H-pyrrole nitrogens is 1. The Balaban J connectivity index is 1.38. The van der Waals surface area contributed by atoms with Gasteiger partial charge in [0.2, 0.25) is 5.95 Å². The molecule has 1 fully saturated rings. The Hall–Kier alpha value is -3.47. The SMILES string of the molecule is Cc1c(C(=O)N2CCN(c3nccs3)CC2)cnn1-c1nn2cccc2c(=O)[nH]1. The van der Waals surface area contributed by atoms with E-state index < -0.39 is 0 Å². The van der Waals surface area contributed by atoms with Gasteiger partial charge in [0, 0.05) is 44.0 Å². The van der Waals surface area contributed by atoms with Crippen LogP contribution in [0.3, 0.4) is 0 Å². The van der Waals surface area contributed by atoms with Crippen molar-refractivity contribution >= 4 is 27.9 Å². The number of piperazine rings is 1. The van der Waals surface area contributed by atoms with Gasteiger partial charge in [-0.15, -0.1) is 16.4 Å². The Labute approximate surface area is 169 Å². The van der Waals surface area contributed by atoms with Crippen LogP contribution in [0.2, 0.25) is 0 Å². The Kier molecular flexibility index (Phi) is 4.16. The van der Waals surface area contributed by atoms with Crippen LogP contribution in [0.4, 0.5) is 5.13 Å². The number of nitrogens with one attached hydrogen (secondary N) is 1. The van der Waals surface area contributed by atoms with E-state index in [4.69, 9.17) is 0 Å². The summed E-state index contributed by atoms with van der Waals surface area (Å²) in [5, 5.41) is 11.6. The first-order valence-corrected chi connectivity index (χ1v) is 10.1. The van der Waals surface area contributed by atoms with Gasteiger partial charge in [-0.2, -0.15) is 5.10 Å². The lowest BCUT2D eigenvalue weighted by atomic mass is 10.2. The first kappa shape index (κ1) is 17.6. The van der Waals surface area contributed by atoms with Gasteiger partial charge >= 0.3 is 0 Å². The summed E-state index contributed by atoms with van der Waals surface area (Å²) in [7, 11) is 0. The predicted octanol–water partition coefficient (Wildman–Crippen LogP) is 0.936. The van der Waals surface area contributed by atoms with Gasteiger partial charge in [0.05, 0.1) is 17.5 Å². The highest BCUT2D eigenvalue weighted by Gasteiger charge is 2.26. The molecule has 11 heteroatoms. The highest BCUT2D eigenvalue weighted by molar-refractivity contribution is 7.13. The number of hydrogen-bond acceptors (Lipinski definition) is 7. The van der Waals surface area contributed by atoms with Crippen molar-refractivity contribution in [1.82, 2.24) is 34.3 Å². The number of amides is 1. The third-order valence-corrected chi connectivity index (χ3v) is 5.92. The van der Waals surface area contributed by atoms with E-state index in [1.54, 1.807) is 42.8 Å². The monoisotopic (exact) mass is 410 g/mol. The van der Waals surface area contributed by atoms with E-state index in [1.807, 2.05) is 10.3 Å². The molecule has 1 saturated heterocycles. The third kappa shape index (κ3) is 2.99. The fourth-order valence-corrected chi connectivity index (χ4v) is 4.20. The van der Waals surface area contributed by atoms with Crippen molar-refractivity contribution in [3.63, 3.8) is 0 Å². The van der Waals surface area contributed by atoms with Crippen molar-refractivity contribution in [2.24, 2.45) is 0 Å². The second-order valence-corrected chi connectivity index (χ2v) is 7.64. The topological polar surface area (TPSA) is 104 Å². The molecule has 5 rings (SSSR count). The molecule has 29 heavy (non-hydrogen) atoms. The molecule has 148 valence electrons. The summed E-state index contributed by atoms with van der Waals surface area (Å²) in [5.74, 6) is 0.195. The average Bonchev–Trinajstić information content (AvgIpc) is 3.48. The first-order valence-electron chi connectivity index (χ1n) is 9.18. The normalized spacial score (nSPS) is 14.7. The molecule has 1 N–H and O–H groups in total. The zero-order valence-electron chi connectivity index (χ0n) is 15.6. The smallest absolute Gasteiger partial charge is 0.276 e. The fourth-order valence-electron chi connectivity index (χ4n) is 3.50. The lowest BCUT2D eigenvalue weighted by Gasteiger charge is -2.34. The van der Waals surface area contributed by atoms with Crippen LogP contribution < -0.4 is 10.5 Å². The highest BCUT2D eigenvalue weighted by Crippen LogP contribution is 2.20. The van der Waals surface area contributed by atoms with Crippen LogP contribution in [0.1, 0.15) is 16.1 Å². The zero-order valence-corrected chi connectivity index (χ0v) is 16.5. The number of aromatic amines is 1. The van der Waals surface area contributed by atoms with Crippen molar-refractivity contribution in [2.75, 3.05) is 31.1 Å². The molecule has 0 aliphatic carbocycles. The molecule has 0 bridgehead atoms. The van der Waals surface area contributed by atoms with E-state index in [9.17, 15) is 9.59 Å². The summed E-state index contributed by atoms with van der Waals surface area (Å²) in [6.07, 6.45) is 5.02. The number of rotatable bonds is 3. The fraction of sp³-hybridized carbons (Fsp3) is 0.278. The van der Waals surface area contributed by atoms with Crippen LogP contribution in [0.15, 0.2) is 40.9 Å². The van der Waals surface area contributed by atoms with Crippen LogP contribution in [-0.4, -0.2) is 66.3 Å². The van der Waals surface area contributed by atoms with Gasteiger partial charge in [0.25, 0.3) is 11.5 Å². The minimum atomic E-state index is -0.263. The van der Waals surface area contributed by atoms with Gasteiger partial charge in [-0.3, -0.25) is 14.6 Å². The molecule has 0 aromatic carbocycles. The molecule has 1 aliphatic heterocycles. The molecule has 0 spiro atoms. The maximum atomic E-state index is 13.0. The van der Waals surface area contributed by atoms with Crippen molar-refractivity contribution in [3.8, 4) is 5.95 Å². The number of carbonyl (C=O) groups is 1. The van der Waals surface area contributed by atoms with Crippen molar-refractivity contribution < 1.29 is 4.79 Å². The molecule has 0 unspecified atom stereocenters. The van der Waals surface area contributed by atoms with Crippen LogP contribution >= 0.6 is 11.3 Å². The summed E-state index contributed by atoms with van der Waals surface area (Å²) in [4.78, 5) is 36.3. The Morgan fingerprint density at radius 3 is 2.83 bits per heavy atom. The second kappa shape index (κ2) is 6.85. The first-order chi connectivity index (χ1) is 14.1. The van der Waals surface area contributed by atoms with Gasteiger partial charge < -0.3 is 9.80 Å². The van der Waals surface area contributed by atoms with Gasteiger partial charge in [-0.25, -0.2) is 14.2 Å². The predicted molar refractivity (Wildman–Crippen MR) is 108 cm³/mol. The molecule has 10 nitrogen and oxygen atoms in total. The van der Waals surface area contributed by atoms with Crippen LogP contribution in [0.5, 0.6) is 0 Å². The maximum Gasteiger partial charge on any atom is 0.276 e. The number of fused-ring (bicyclic) bond motifs is 1. The van der Waals surface area contributed by atoms with Gasteiger partial charge in [0.15, 0.2) is 5.13 Å². The molecule has 4 aromatic heterocycles. The molecular weight excluding hydrogens is 392 g/mol. The number of hydrogen-bond donors (Lipinski definition) is 1. The molecule has 1 amide bonds. The molecule has 1 aliphatic rings. The minimum absolute atomic E-state index is 0.0723. The third-order valence-electron chi connectivity index (χ3n) is 5.09. The van der Waals surface area contributed by atoms with E-state index in [2.05, 4.69) is 25.1 Å². The Bertz CT molecular complexity index is 1230. The summed E-state index contributed by atoms with van der Waals surface area (Å²) < 4.78 is 2.98. The lowest BCUT2D eigenvalue weighted by Crippen LogP contribution is -2.48. The number of anilines is 1. The van der Waals surface area contributed by atoms with E-state index in [0.717, 1.165) is 18.2 Å². The van der Waals surface area contributed by atoms with Crippen molar-refractivity contribution in [3.05, 3.63) is 57.7 Å². The average molecular weight is 410 g/mol. The summed E-state index contributed by atoms with van der Waals surface area (Å²) in [6.45, 7) is 4.52. The summed E-state index contributed by atoms with van der Waals surface area (Å²) in [5.41, 5.74) is 1.32. The van der Waals surface area contributed by atoms with Crippen molar-refractivity contribution in [1.29, 1.82) is 0 Å². The number of carbonyl (C=O) groups excluding carboxylic acids is 1. The zero-order chi connectivity index (χ0) is 20.0. The van der Waals surface area contributed by atoms with E-state index in [1.165, 1.54) is 15.4 Å². The molecule has 5 heterocycles. The van der Waals surface area contributed by atoms with Gasteiger partial charge in [-0.05, 0) is 19.1 Å². The highest BCUT2D eigenvalue weighted by atomic mass is 32.1. The number of thiazole rings is 1. The van der Waals surface area contributed by atoms with Crippen molar-refractivity contribution in [2.45, 2.75) is 6.92 Å². The summed E-state index contributed by atoms with van der Waals surface area (Å²) >= 11 is 1.60. The summed E-state index contributed by atoms with van der Waals surface area (Å²) in [6, 6.07) is 3.43. The van der Waals surface area contributed by atoms with E-state index >= 15 is 0 Å². The molecule has 0 radical (unpaired) electrons. The molecule has 0 saturated carbocycles. The van der Waals surface area contributed by atoms with Crippen LogP contribution in [0.25, 0.3) is 11.5 Å². The standard InChI is InChI=1S/C18H18N8O2S/c1-12-13(16(28)23-6-8-24(9-7-23)18-19-4-10-29-18)11-20-26(12)17-21-15(27)14-3-2-5-25(14)22-17/h2-5,10-11H,6-9H2,1H3,(H,21,22,27). The molecule has 4 aromatic rings. The van der Waals surface area contributed by atoms with Crippen LogP contribution in [-0.2, 0) is 0 Å². The van der Waals surface area contributed by atoms with E-state index in [0.29, 0.717) is 29.9 Å². The Morgan fingerprint density at radius 1 is 1.24 bits per heavy atom. The quantitative estimate of drug-likeness (QED) is 0.539. The maximum absolute atomic E-state index is 13.0. The second-order valence-electron chi connectivity index (χ2n) is 6.77. The molecule has 0 atom stereocenters. The van der Waals surface area contributed by atoms with Crippen LogP contribution in [0, 0.1) is 6.92 Å². The number of aromatic nitrogens is 6. The Morgan fingerprint density at radius 2 is 2.07 bits per heavy atom. The largest absolute Gasteiger partial charge is 0.345 e. The number of nitrogens with zero attached hydrogens (tertiary/aromatic N) is 7. The van der Waals surface area contributed by atoms with Gasteiger partial charge in [-0.1, -0.05) is 0 Å². The lowest BCUT2D eigenvalue weighted by molar-refractivity contribution is 0.0746. The molecular formula is C18H18N8O2S. The van der Waals surface area contributed by atoms with E-state index in [-0.39, 0.29) is 17.4 Å². The van der Waals surface area contributed by atoms with Gasteiger partial charge in [0.1, 0.15) is 5.52 Å². The minimum Gasteiger partial charge on any atom is -0.345 e.